The van der Waals surface area contributed by atoms with E-state index in [2.05, 4.69) is 12.2 Å². The molecule has 0 aliphatic carbocycles. The highest BCUT2D eigenvalue weighted by atomic mass is 32.1. The number of anilines is 1. The van der Waals surface area contributed by atoms with Gasteiger partial charge in [0.25, 0.3) is 0 Å². The Bertz CT molecular complexity index is 466. The molecule has 21 heavy (non-hydrogen) atoms. The van der Waals surface area contributed by atoms with Crippen molar-refractivity contribution in [2.75, 3.05) is 31.7 Å². The summed E-state index contributed by atoms with van der Waals surface area (Å²) in [7, 11) is 0. The number of rotatable bonds is 10. The van der Waals surface area contributed by atoms with Crippen molar-refractivity contribution in [3.05, 3.63) is 29.8 Å². The fourth-order valence-electron chi connectivity index (χ4n) is 1.58. The highest BCUT2D eigenvalue weighted by molar-refractivity contribution is 7.80. The van der Waals surface area contributed by atoms with Crippen LogP contribution in [0, 0.1) is 0 Å². The van der Waals surface area contributed by atoms with Gasteiger partial charge >= 0.3 is 0 Å². The van der Waals surface area contributed by atoms with Crippen LogP contribution < -0.4 is 11.1 Å². The van der Waals surface area contributed by atoms with Crippen molar-refractivity contribution < 1.29 is 14.3 Å². The van der Waals surface area contributed by atoms with Gasteiger partial charge in [-0.1, -0.05) is 37.7 Å². The first-order valence-electron chi connectivity index (χ1n) is 6.98. The first-order chi connectivity index (χ1) is 10.1. The van der Waals surface area contributed by atoms with Gasteiger partial charge in [0.1, 0.15) is 11.6 Å². The average molecular weight is 310 g/mol. The zero-order valence-electron chi connectivity index (χ0n) is 12.3. The number of hydrogen-bond donors (Lipinski definition) is 2. The third-order valence-corrected chi connectivity index (χ3v) is 2.91. The molecule has 3 N–H and O–H groups in total. The van der Waals surface area contributed by atoms with Crippen molar-refractivity contribution in [2.45, 2.75) is 19.8 Å². The van der Waals surface area contributed by atoms with E-state index in [1.165, 1.54) is 0 Å². The van der Waals surface area contributed by atoms with Crippen LogP contribution in [-0.4, -0.2) is 37.3 Å². The standard InChI is InChI=1S/C15H22N2O3S/c1-2-3-7-19-8-9-20-11-14(18)17-13-6-4-5-12(10-13)15(16)21/h4-6,10H,2-3,7-9,11H2,1H3,(H2,16,21)(H,17,18). The van der Waals surface area contributed by atoms with Crippen LogP contribution in [0.25, 0.3) is 0 Å². The second-order valence-electron chi connectivity index (χ2n) is 4.51. The quantitative estimate of drug-likeness (QED) is 0.511. The maximum Gasteiger partial charge on any atom is 0.250 e. The predicted octanol–water partition coefficient (Wildman–Crippen LogP) is 2.09. The average Bonchev–Trinajstić information content (AvgIpc) is 2.46. The molecule has 0 heterocycles. The van der Waals surface area contributed by atoms with Gasteiger partial charge in [0.05, 0.1) is 13.2 Å². The van der Waals surface area contributed by atoms with E-state index in [1.807, 2.05) is 0 Å². The summed E-state index contributed by atoms with van der Waals surface area (Å²) < 4.78 is 10.6. The summed E-state index contributed by atoms with van der Waals surface area (Å²) in [5, 5.41) is 2.73. The van der Waals surface area contributed by atoms with Crippen molar-refractivity contribution >= 4 is 28.8 Å². The summed E-state index contributed by atoms with van der Waals surface area (Å²) in [5.74, 6) is -0.219. The number of thiocarbonyl (C=S) groups is 1. The first-order valence-corrected chi connectivity index (χ1v) is 7.39. The molecule has 0 aromatic heterocycles. The van der Waals surface area contributed by atoms with E-state index in [0.717, 1.165) is 19.4 Å². The molecule has 0 aliphatic heterocycles. The van der Waals surface area contributed by atoms with Crippen molar-refractivity contribution in [3.8, 4) is 0 Å². The summed E-state index contributed by atoms with van der Waals surface area (Å²) in [6, 6.07) is 7.08. The SMILES string of the molecule is CCCCOCCOCC(=O)Nc1cccc(C(N)=S)c1. The first kappa shape index (κ1) is 17.6. The molecule has 1 amide bonds. The zero-order valence-corrected chi connectivity index (χ0v) is 13.1. The zero-order chi connectivity index (χ0) is 15.5. The Balaban J connectivity index is 2.21. The maximum atomic E-state index is 11.7. The molecule has 1 aromatic carbocycles. The number of carbonyl (C=O) groups excluding carboxylic acids is 1. The number of nitrogens with one attached hydrogen (secondary N) is 1. The molecular formula is C15H22N2O3S. The lowest BCUT2D eigenvalue weighted by molar-refractivity contribution is -0.121. The van der Waals surface area contributed by atoms with Crippen LogP contribution in [0.3, 0.4) is 0 Å². The van der Waals surface area contributed by atoms with Gasteiger partial charge in [-0.25, -0.2) is 0 Å². The van der Waals surface area contributed by atoms with E-state index in [0.29, 0.717) is 29.5 Å². The summed E-state index contributed by atoms with van der Waals surface area (Å²) >= 11 is 4.89. The van der Waals surface area contributed by atoms with Crippen LogP contribution in [0.4, 0.5) is 5.69 Å². The second-order valence-corrected chi connectivity index (χ2v) is 4.95. The molecule has 116 valence electrons. The molecule has 0 aliphatic rings. The smallest absolute Gasteiger partial charge is 0.250 e. The van der Waals surface area contributed by atoms with Gasteiger partial charge in [0.15, 0.2) is 0 Å². The number of unbranched alkanes of at least 4 members (excludes halogenated alkanes) is 1. The topological polar surface area (TPSA) is 73.6 Å². The Morgan fingerprint density at radius 1 is 1.29 bits per heavy atom. The minimum absolute atomic E-state index is 0.00552. The molecule has 1 rings (SSSR count). The van der Waals surface area contributed by atoms with Gasteiger partial charge in [0.2, 0.25) is 5.91 Å². The minimum Gasteiger partial charge on any atom is -0.389 e. The van der Waals surface area contributed by atoms with E-state index >= 15 is 0 Å². The van der Waals surface area contributed by atoms with E-state index in [-0.39, 0.29) is 12.5 Å². The number of amides is 1. The molecule has 5 nitrogen and oxygen atoms in total. The Labute approximate surface area is 130 Å². The van der Waals surface area contributed by atoms with Crippen molar-refractivity contribution in [1.82, 2.24) is 0 Å². The summed E-state index contributed by atoms with van der Waals surface area (Å²) in [5.41, 5.74) is 6.90. The highest BCUT2D eigenvalue weighted by Gasteiger charge is 2.04. The molecule has 0 unspecified atom stereocenters. The highest BCUT2D eigenvalue weighted by Crippen LogP contribution is 2.10. The Morgan fingerprint density at radius 2 is 2.05 bits per heavy atom. The lowest BCUT2D eigenvalue weighted by Crippen LogP contribution is -2.20. The van der Waals surface area contributed by atoms with Crippen LogP contribution in [0.1, 0.15) is 25.3 Å². The normalized spacial score (nSPS) is 10.3. The van der Waals surface area contributed by atoms with Crippen molar-refractivity contribution in [1.29, 1.82) is 0 Å². The second kappa shape index (κ2) is 10.3. The van der Waals surface area contributed by atoms with Gasteiger partial charge in [0, 0.05) is 17.9 Å². The molecule has 0 atom stereocenters. The lowest BCUT2D eigenvalue weighted by atomic mass is 10.2. The van der Waals surface area contributed by atoms with Crippen LogP contribution in [0.15, 0.2) is 24.3 Å². The number of benzene rings is 1. The molecule has 0 radical (unpaired) electrons. The number of nitrogens with two attached hydrogens (primary N) is 1. The molecule has 0 bridgehead atoms. The van der Waals surface area contributed by atoms with Gasteiger partial charge in [-0.3, -0.25) is 4.79 Å². The largest absolute Gasteiger partial charge is 0.389 e. The molecule has 0 saturated heterocycles. The van der Waals surface area contributed by atoms with Crippen LogP contribution >= 0.6 is 12.2 Å². The van der Waals surface area contributed by atoms with E-state index in [9.17, 15) is 4.79 Å². The van der Waals surface area contributed by atoms with Gasteiger partial charge in [-0.15, -0.1) is 0 Å². The van der Waals surface area contributed by atoms with Gasteiger partial charge < -0.3 is 20.5 Å². The van der Waals surface area contributed by atoms with Crippen LogP contribution in [0.5, 0.6) is 0 Å². The molecular weight excluding hydrogens is 288 g/mol. The lowest BCUT2D eigenvalue weighted by Gasteiger charge is -2.08. The van der Waals surface area contributed by atoms with Crippen LogP contribution in [-0.2, 0) is 14.3 Å². The Hall–Kier alpha value is -1.50. The number of hydrogen-bond acceptors (Lipinski definition) is 4. The molecule has 0 spiro atoms. The Morgan fingerprint density at radius 3 is 2.76 bits per heavy atom. The van der Waals surface area contributed by atoms with Crippen molar-refractivity contribution in [3.63, 3.8) is 0 Å². The third kappa shape index (κ3) is 7.75. The third-order valence-electron chi connectivity index (χ3n) is 2.68. The summed E-state index contributed by atoms with van der Waals surface area (Å²) in [4.78, 5) is 12.0. The predicted molar refractivity (Wildman–Crippen MR) is 87.5 cm³/mol. The molecule has 0 saturated carbocycles. The van der Waals surface area contributed by atoms with Crippen LogP contribution in [0.2, 0.25) is 0 Å². The number of carbonyl (C=O) groups is 1. The minimum atomic E-state index is -0.219. The monoisotopic (exact) mass is 310 g/mol. The van der Waals surface area contributed by atoms with E-state index in [4.69, 9.17) is 27.4 Å². The van der Waals surface area contributed by atoms with E-state index in [1.54, 1.807) is 24.3 Å². The van der Waals surface area contributed by atoms with Gasteiger partial charge in [-0.2, -0.15) is 0 Å². The number of ether oxygens (including phenoxy) is 2. The molecule has 6 heteroatoms. The summed E-state index contributed by atoms with van der Waals surface area (Å²) in [6.45, 7) is 3.75. The molecule has 1 aromatic rings. The van der Waals surface area contributed by atoms with E-state index < -0.39 is 0 Å². The maximum absolute atomic E-state index is 11.7. The van der Waals surface area contributed by atoms with Gasteiger partial charge in [-0.05, 0) is 18.6 Å². The summed E-state index contributed by atoms with van der Waals surface area (Å²) in [6.07, 6.45) is 2.15. The fraction of sp³-hybridized carbons (Fsp3) is 0.467. The Kier molecular flexibility index (Phi) is 8.57. The molecule has 0 fully saturated rings. The fourth-order valence-corrected chi connectivity index (χ4v) is 1.71. The van der Waals surface area contributed by atoms with Crippen molar-refractivity contribution in [2.24, 2.45) is 5.73 Å².